The minimum Gasteiger partial charge on any atom is -0.397 e. The molecule has 0 saturated carbocycles. The Kier molecular flexibility index (Phi) is 3.83. The van der Waals surface area contributed by atoms with Gasteiger partial charge in [0.1, 0.15) is 5.01 Å². The van der Waals surface area contributed by atoms with Crippen molar-refractivity contribution in [1.82, 2.24) is 15.2 Å². The molecule has 0 aliphatic heterocycles. The highest BCUT2D eigenvalue weighted by atomic mass is 32.1. The van der Waals surface area contributed by atoms with Crippen molar-refractivity contribution in [3.63, 3.8) is 0 Å². The fraction of sp³-hybridized carbons (Fsp3) is 0.273. The molecule has 0 saturated heterocycles. The highest BCUT2D eigenvalue weighted by Crippen LogP contribution is 2.17. The van der Waals surface area contributed by atoms with Gasteiger partial charge in [0.15, 0.2) is 0 Å². The third kappa shape index (κ3) is 3.01. The third-order valence-corrected chi connectivity index (χ3v) is 3.07. The minimum absolute atomic E-state index is 0.283. The molecule has 0 atom stereocenters. The van der Waals surface area contributed by atoms with Gasteiger partial charge in [-0.05, 0) is 12.5 Å². The van der Waals surface area contributed by atoms with Gasteiger partial charge in [0, 0.05) is 18.8 Å². The van der Waals surface area contributed by atoms with E-state index in [9.17, 15) is 4.79 Å². The van der Waals surface area contributed by atoms with E-state index in [2.05, 4.69) is 27.4 Å². The molecule has 94 valence electrons. The molecule has 2 aromatic heterocycles. The molecule has 3 N–H and O–H groups in total. The fourth-order valence-electron chi connectivity index (χ4n) is 1.37. The van der Waals surface area contributed by atoms with Crippen molar-refractivity contribution in [3.8, 4) is 0 Å². The minimum atomic E-state index is -0.283. The molecule has 0 radical (unpaired) electrons. The first-order valence-electron chi connectivity index (χ1n) is 5.53. The van der Waals surface area contributed by atoms with Crippen LogP contribution in [-0.4, -0.2) is 21.1 Å². The number of nitrogens with two attached hydrogens (primary N) is 1. The maximum atomic E-state index is 11.9. The van der Waals surface area contributed by atoms with Crippen LogP contribution in [0.4, 0.5) is 10.8 Å². The first-order chi connectivity index (χ1) is 8.69. The molecule has 0 unspecified atom stereocenters. The van der Waals surface area contributed by atoms with Gasteiger partial charge < -0.3 is 5.73 Å². The topological polar surface area (TPSA) is 93.8 Å². The number of pyridine rings is 1. The van der Waals surface area contributed by atoms with Crippen LogP contribution in [-0.2, 0) is 6.42 Å². The number of hydrogen-bond acceptors (Lipinski definition) is 6. The standard InChI is InChI=1S/C11H13N5OS/c1-2-3-9-15-16-11(18-9)14-10(17)7-4-8(12)6-13-5-7/h4-6H,2-3,12H2,1H3,(H,14,16,17). The van der Waals surface area contributed by atoms with E-state index in [1.165, 1.54) is 23.7 Å². The monoisotopic (exact) mass is 263 g/mol. The third-order valence-electron chi connectivity index (χ3n) is 2.17. The molecular weight excluding hydrogens is 250 g/mol. The number of nitrogen functional groups attached to an aromatic ring is 1. The zero-order valence-electron chi connectivity index (χ0n) is 9.88. The maximum Gasteiger partial charge on any atom is 0.259 e. The van der Waals surface area contributed by atoms with E-state index < -0.39 is 0 Å². The van der Waals surface area contributed by atoms with Crippen molar-refractivity contribution >= 4 is 28.1 Å². The number of aromatic nitrogens is 3. The predicted octanol–water partition coefficient (Wildman–Crippen LogP) is 1.72. The Morgan fingerprint density at radius 1 is 1.44 bits per heavy atom. The second-order valence-electron chi connectivity index (χ2n) is 3.71. The highest BCUT2D eigenvalue weighted by molar-refractivity contribution is 7.15. The summed E-state index contributed by atoms with van der Waals surface area (Å²) in [6.07, 6.45) is 4.82. The van der Waals surface area contributed by atoms with Gasteiger partial charge in [0.05, 0.1) is 11.3 Å². The summed E-state index contributed by atoms with van der Waals surface area (Å²) in [5.74, 6) is -0.283. The average molecular weight is 263 g/mol. The van der Waals surface area contributed by atoms with Gasteiger partial charge in [-0.25, -0.2) is 0 Å². The number of hydrogen-bond donors (Lipinski definition) is 2. The lowest BCUT2D eigenvalue weighted by Crippen LogP contribution is -2.12. The Balaban J connectivity index is 2.06. The van der Waals surface area contributed by atoms with E-state index in [0.717, 1.165) is 17.8 Å². The van der Waals surface area contributed by atoms with Gasteiger partial charge in [-0.15, -0.1) is 10.2 Å². The summed E-state index contributed by atoms with van der Waals surface area (Å²) in [5.41, 5.74) is 6.42. The van der Waals surface area contributed by atoms with Gasteiger partial charge in [-0.2, -0.15) is 0 Å². The molecule has 1 amide bonds. The van der Waals surface area contributed by atoms with Crippen LogP contribution in [0.5, 0.6) is 0 Å². The van der Waals surface area contributed by atoms with Crippen LogP contribution >= 0.6 is 11.3 Å². The molecule has 2 aromatic rings. The number of carbonyl (C=O) groups excluding carboxylic acids is 1. The number of anilines is 2. The Bertz CT molecular complexity index is 554. The number of rotatable bonds is 4. The molecular formula is C11H13N5OS. The molecule has 7 heteroatoms. The smallest absolute Gasteiger partial charge is 0.259 e. The average Bonchev–Trinajstić information content (AvgIpc) is 2.77. The second-order valence-corrected chi connectivity index (χ2v) is 4.77. The number of carbonyl (C=O) groups is 1. The molecule has 6 nitrogen and oxygen atoms in total. The first-order valence-corrected chi connectivity index (χ1v) is 6.35. The van der Waals surface area contributed by atoms with Crippen molar-refractivity contribution in [2.45, 2.75) is 19.8 Å². The van der Waals surface area contributed by atoms with Gasteiger partial charge >= 0.3 is 0 Å². The van der Waals surface area contributed by atoms with Gasteiger partial charge in [-0.3, -0.25) is 15.1 Å². The number of aryl methyl sites for hydroxylation is 1. The molecule has 2 rings (SSSR count). The highest BCUT2D eigenvalue weighted by Gasteiger charge is 2.10. The first kappa shape index (κ1) is 12.4. The zero-order valence-corrected chi connectivity index (χ0v) is 10.7. The molecule has 0 fully saturated rings. The van der Waals surface area contributed by atoms with Crippen molar-refractivity contribution in [3.05, 3.63) is 29.0 Å². The summed E-state index contributed by atoms with van der Waals surface area (Å²) in [5, 5.41) is 12.0. The Labute approximate surface area is 108 Å². The predicted molar refractivity (Wildman–Crippen MR) is 70.5 cm³/mol. The molecule has 2 heterocycles. The van der Waals surface area contributed by atoms with Crippen molar-refractivity contribution < 1.29 is 4.79 Å². The summed E-state index contributed by atoms with van der Waals surface area (Å²) in [6, 6.07) is 1.57. The summed E-state index contributed by atoms with van der Waals surface area (Å²) in [4.78, 5) is 15.7. The van der Waals surface area contributed by atoms with Gasteiger partial charge in [0.25, 0.3) is 5.91 Å². The number of amides is 1. The lowest BCUT2D eigenvalue weighted by atomic mass is 10.2. The molecule has 18 heavy (non-hydrogen) atoms. The van der Waals surface area contributed by atoms with E-state index >= 15 is 0 Å². The maximum absolute atomic E-state index is 11.9. The van der Waals surface area contributed by atoms with Crippen molar-refractivity contribution in [2.75, 3.05) is 11.1 Å². The van der Waals surface area contributed by atoms with Gasteiger partial charge in [0.2, 0.25) is 5.13 Å². The van der Waals surface area contributed by atoms with E-state index in [-0.39, 0.29) is 5.91 Å². The summed E-state index contributed by atoms with van der Waals surface area (Å²) in [6.45, 7) is 2.07. The van der Waals surface area contributed by atoms with Crippen LogP contribution in [0.2, 0.25) is 0 Å². The largest absolute Gasteiger partial charge is 0.397 e. The van der Waals surface area contributed by atoms with Crippen LogP contribution in [0.25, 0.3) is 0 Å². The lowest BCUT2D eigenvalue weighted by Gasteiger charge is -2.00. The van der Waals surface area contributed by atoms with Crippen LogP contribution in [0.3, 0.4) is 0 Å². The van der Waals surface area contributed by atoms with Crippen LogP contribution in [0.15, 0.2) is 18.5 Å². The lowest BCUT2D eigenvalue weighted by molar-refractivity contribution is 0.102. The SMILES string of the molecule is CCCc1nnc(NC(=O)c2cncc(N)c2)s1. The zero-order chi connectivity index (χ0) is 13.0. The molecule has 0 bridgehead atoms. The number of nitrogens with one attached hydrogen (secondary N) is 1. The summed E-state index contributed by atoms with van der Waals surface area (Å²) < 4.78 is 0. The summed E-state index contributed by atoms with van der Waals surface area (Å²) >= 11 is 1.38. The molecule has 0 spiro atoms. The van der Waals surface area contributed by atoms with E-state index in [1.807, 2.05) is 0 Å². The summed E-state index contributed by atoms with van der Waals surface area (Å²) in [7, 11) is 0. The second kappa shape index (κ2) is 5.54. The fourth-order valence-corrected chi connectivity index (χ4v) is 2.21. The van der Waals surface area contributed by atoms with Crippen molar-refractivity contribution in [2.24, 2.45) is 0 Å². The van der Waals surface area contributed by atoms with Crippen LogP contribution < -0.4 is 11.1 Å². The Hall–Kier alpha value is -2.02. The van der Waals surface area contributed by atoms with E-state index in [0.29, 0.717) is 16.4 Å². The van der Waals surface area contributed by atoms with Crippen LogP contribution in [0.1, 0.15) is 28.7 Å². The van der Waals surface area contributed by atoms with Crippen LogP contribution in [0, 0.1) is 0 Å². The molecule has 0 aliphatic carbocycles. The van der Waals surface area contributed by atoms with Crippen molar-refractivity contribution in [1.29, 1.82) is 0 Å². The Morgan fingerprint density at radius 2 is 2.28 bits per heavy atom. The number of nitrogens with zero attached hydrogens (tertiary/aromatic N) is 3. The van der Waals surface area contributed by atoms with Gasteiger partial charge in [-0.1, -0.05) is 18.3 Å². The Morgan fingerprint density at radius 3 is 3.00 bits per heavy atom. The normalized spacial score (nSPS) is 10.3. The quantitative estimate of drug-likeness (QED) is 0.876. The molecule has 0 aromatic carbocycles. The molecule has 0 aliphatic rings. The van der Waals surface area contributed by atoms with E-state index in [1.54, 1.807) is 6.07 Å². The van der Waals surface area contributed by atoms with E-state index in [4.69, 9.17) is 5.73 Å².